The summed E-state index contributed by atoms with van der Waals surface area (Å²) >= 11 is 3.04. The first-order chi connectivity index (χ1) is 25.0. The molecule has 0 aliphatic carbocycles. The number of halogens is 1. The second-order valence-electron chi connectivity index (χ2n) is 10.8. The van der Waals surface area contributed by atoms with Crippen molar-refractivity contribution in [1.29, 1.82) is 0 Å². The minimum absolute atomic E-state index is 0. The van der Waals surface area contributed by atoms with E-state index in [1.54, 1.807) is 0 Å². The van der Waals surface area contributed by atoms with Crippen LogP contribution in [-0.2, 0) is 45.0 Å². The molecule has 1 atom stereocenters. The topological polar surface area (TPSA) is 371 Å². The van der Waals surface area contributed by atoms with Crippen molar-refractivity contribution in [2.45, 2.75) is 30.8 Å². The van der Waals surface area contributed by atoms with Gasteiger partial charge in [0.1, 0.15) is 36.5 Å². The number of nitrogens with two attached hydrogens (primary N) is 1. The van der Waals surface area contributed by atoms with Gasteiger partial charge in [-0.2, -0.15) is 13.5 Å². The number of alkyl halides is 1. The number of sulfone groups is 1. The molecular weight excluding hydrogens is 937 g/mol. The van der Waals surface area contributed by atoms with E-state index in [1.165, 1.54) is 0 Å². The maximum Gasteiger partial charge on any atom is 1.00 e. The maximum absolute atomic E-state index is 13.8. The Balaban J connectivity index is 0.00000541. The number of nitrogens with one attached hydrogen (secondary N) is 1. The molecule has 0 spiro atoms. The van der Waals surface area contributed by atoms with E-state index in [0.29, 0.717) is 18.2 Å². The van der Waals surface area contributed by atoms with Gasteiger partial charge in [-0.25, -0.2) is 25.3 Å². The molecule has 290 valence electrons. The fraction of sp³-hybridized carbons (Fsp3) is 0.179. The van der Waals surface area contributed by atoms with Gasteiger partial charge in [-0.3, -0.25) is 9.35 Å². The molecule has 4 rings (SSSR count). The Morgan fingerprint density at radius 1 is 0.789 bits per heavy atom. The SMILES string of the molecule is Nc1c(N=Nc2ccc(S(=O)(=O)CCO)cc2)c(S(=O)(=O)[O-])cc2cc(S(=O)(=O)O)c(N=Nc3cc(NC(=O)CC(Br)CO)ccc3S(=O)(=O)[O-])c([O-])c12.[Na+].[Na+].[Na+]. The van der Waals surface area contributed by atoms with Crippen LogP contribution in [0.2, 0.25) is 0 Å². The fourth-order valence-electron chi connectivity index (χ4n) is 4.61. The largest absolute Gasteiger partial charge is 1.00 e. The molecule has 1 amide bonds. The van der Waals surface area contributed by atoms with Gasteiger partial charge in [0.15, 0.2) is 9.84 Å². The Morgan fingerprint density at radius 2 is 1.35 bits per heavy atom. The number of nitrogen functional groups attached to an aromatic ring is 1. The summed E-state index contributed by atoms with van der Waals surface area (Å²) in [6.07, 6.45) is -0.260. The van der Waals surface area contributed by atoms with Crippen LogP contribution < -0.4 is 105 Å². The third kappa shape index (κ3) is 13.5. The molecule has 0 aromatic heterocycles. The van der Waals surface area contributed by atoms with Crippen LogP contribution in [0.15, 0.2) is 94.6 Å². The monoisotopic (exact) mass is 960 g/mol. The van der Waals surface area contributed by atoms with Gasteiger partial charge in [-0.05, 0) is 60.0 Å². The number of aliphatic hydroxyl groups is 2. The second-order valence-corrected chi connectivity index (χ2v) is 18.3. The van der Waals surface area contributed by atoms with E-state index in [9.17, 15) is 57.2 Å². The quantitative estimate of drug-likeness (QED) is 0.0258. The van der Waals surface area contributed by atoms with Crippen molar-refractivity contribution < 1.29 is 156 Å². The van der Waals surface area contributed by atoms with Gasteiger partial charge in [0.25, 0.3) is 10.1 Å². The molecular formula is C28H24BrN6Na3O15S4. The van der Waals surface area contributed by atoms with Crippen LogP contribution in [0.1, 0.15) is 6.42 Å². The molecule has 0 saturated heterocycles. The van der Waals surface area contributed by atoms with Crippen LogP contribution in [0, 0.1) is 0 Å². The van der Waals surface area contributed by atoms with Gasteiger partial charge in [0, 0.05) is 22.3 Å². The van der Waals surface area contributed by atoms with Crippen molar-refractivity contribution in [3.8, 4) is 5.75 Å². The standard InChI is InChI=1S/C28H27BrN6O15S4.3Na/c29-15(13-37)11-23(38)31-17-3-6-20(52(42,43)44)19(12-17)33-35-27-22(54(48,49)50)10-14-9-21(53(45,46)47)26(25(30)24(14)28(27)39)34-32-16-1-4-18(5-2-16)51(40,41)8-7-36;;;/h1-6,9-10,12,15,36-37,39H,7-8,11,13,30H2,(H,31,38)(H,42,43,44)(H,45,46,47)(H,48,49,50);;;/q;3*+1/p-3. The van der Waals surface area contributed by atoms with Gasteiger partial charge in [-0.1, -0.05) is 21.7 Å². The third-order valence-electron chi connectivity index (χ3n) is 7.04. The number of hydrogen-bond donors (Lipinski definition) is 5. The maximum atomic E-state index is 13.8. The smallest absolute Gasteiger partial charge is 0.870 e. The number of aliphatic hydroxyl groups excluding tert-OH is 2. The first-order valence-electron chi connectivity index (χ1n) is 14.4. The first-order valence-corrected chi connectivity index (χ1v) is 21.3. The van der Waals surface area contributed by atoms with Crippen LogP contribution in [0.3, 0.4) is 0 Å². The van der Waals surface area contributed by atoms with E-state index in [0.717, 1.165) is 36.4 Å². The van der Waals surface area contributed by atoms with Crippen LogP contribution in [0.5, 0.6) is 5.75 Å². The number of benzene rings is 4. The molecule has 57 heavy (non-hydrogen) atoms. The van der Waals surface area contributed by atoms with Crippen LogP contribution in [-0.4, -0.2) is 87.2 Å². The van der Waals surface area contributed by atoms with E-state index in [1.807, 2.05) is 0 Å². The molecule has 0 saturated carbocycles. The molecule has 1 unspecified atom stereocenters. The number of amides is 1. The molecule has 0 aliphatic rings. The number of carbonyl (C=O) groups is 1. The van der Waals surface area contributed by atoms with Crippen LogP contribution >= 0.6 is 15.9 Å². The summed E-state index contributed by atoms with van der Waals surface area (Å²) in [4.78, 5) is 7.84. The van der Waals surface area contributed by atoms with Crippen molar-refractivity contribution in [2.24, 2.45) is 20.5 Å². The van der Waals surface area contributed by atoms with Crippen molar-refractivity contribution in [3.63, 3.8) is 0 Å². The van der Waals surface area contributed by atoms with Gasteiger partial charge < -0.3 is 35.5 Å². The average molecular weight is 962 g/mol. The zero-order valence-electron chi connectivity index (χ0n) is 29.7. The minimum atomic E-state index is -5.52. The van der Waals surface area contributed by atoms with Gasteiger partial charge in [-0.15, -0.1) is 15.3 Å². The number of azo groups is 2. The Hall–Kier alpha value is -1.51. The molecule has 0 radical (unpaired) electrons. The molecule has 29 heteroatoms. The normalized spacial score (nSPS) is 12.8. The summed E-state index contributed by atoms with van der Waals surface area (Å²) in [5.41, 5.74) is 1.94. The molecule has 0 heterocycles. The third-order valence-corrected chi connectivity index (χ3v) is 12.0. The van der Waals surface area contributed by atoms with E-state index in [4.69, 9.17) is 15.9 Å². The van der Waals surface area contributed by atoms with Crippen LogP contribution in [0.4, 0.5) is 34.1 Å². The van der Waals surface area contributed by atoms with Gasteiger partial charge >= 0.3 is 88.7 Å². The van der Waals surface area contributed by atoms with E-state index in [2.05, 4.69) is 41.7 Å². The predicted octanol–water partition coefficient (Wildman–Crippen LogP) is -6.76. The average Bonchev–Trinajstić information content (AvgIpc) is 3.05. The Bertz CT molecular complexity index is 2670. The van der Waals surface area contributed by atoms with Crippen molar-refractivity contribution >= 4 is 107 Å². The summed E-state index contributed by atoms with van der Waals surface area (Å²) in [5, 5.41) is 47.3. The summed E-state index contributed by atoms with van der Waals surface area (Å²) < 4.78 is 132. The number of rotatable bonds is 14. The molecule has 4 aromatic carbocycles. The summed E-state index contributed by atoms with van der Waals surface area (Å²) in [5.74, 6) is -2.77. The van der Waals surface area contributed by atoms with E-state index in [-0.39, 0.29) is 111 Å². The zero-order valence-corrected chi connectivity index (χ0v) is 40.6. The van der Waals surface area contributed by atoms with Crippen molar-refractivity contribution in [3.05, 3.63) is 54.6 Å². The van der Waals surface area contributed by atoms with E-state index >= 15 is 0 Å². The second kappa shape index (κ2) is 21.3. The zero-order chi connectivity index (χ0) is 40.4. The van der Waals surface area contributed by atoms with Crippen LogP contribution in [0.25, 0.3) is 10.8 Å². The van der Waals surface area contributed by atoms with Crippen molar-refractivity contribution in [1.82, 2.24) is 0 Å². The molecule has 0 bridgehead atoms. The molecule has 0 aliphatic heterocycles. The number of carbonyl (C=O) groups excluding carboxylic acids is 1. The molecule has 4 aromatic rings. The number of fused-ring (bicyclic) bond motifs is 1. The Kier molecular flexibility index (Phi) is 20.0. The Morgan fingerprint density at radius 3 is 1.88 bits per heavy atom. The minimum Gasteiger partial charge on any atom is -0.870 e. The number of nitrogens with zero attached hydrogens (tertiary/aromatic N) is 4. The number of hydrogen-bond acceptors (Lipinski definition) is 19. The molecule has 6 N–H and O–H groups in total. The van der Waals surface area contributed by atoms with Crippen molar-refractivity contribution in [2.75, 3.05) is 30.0 Å². The fourth-order valence-corrected chi connectivity index (χ4v) is 7.84. The first kappa shape index (κ1) is 53.5. The van der Waals surface area contributed by atoms with Gasteiger partial charge in [0.05, 0.1) is 50.7 Å². The summed E-state index contributed by atoms with van der Waals surface area (Å²) in [7, 11) is -20.2. The predicted molar refractivity (Wildman–Crippen MR) is 187 cm³/mol. The summed E-state index contributed by atoms with van der Waals surface area (Å²) in [6, 6.07) is 7.95. The Labute approximate surface area is 399 Å². The molecule has 0 fully saturated rings. The number of anilines is 2. The molecule has 21 nitrogen and oxygen atoms in total. The van der Waals surface area contributed by atoms with E-state index < -0.39 is 124 Å². The summed E-state index contributed by atoms with van der Waals surface area (Å²) in [6.45, 7) is -1.08. The van der Waals surface area contributed by atoms with Gasteiger partial charge in [0.2, 0.25) is 5.91 Å².